The van der Waals surface area contributed by atoms with Gasteiger partial charge in [-0.3, -0.25) is 0 Å². The third-order valence-corrected chi connectivity index (χ3v) is 4.73. The largest absolute Gasteiger partial charge is 0.313 e. The minimum atomic E-state index is -0.367. The Labute approximate surface area is 132 Å². The fraction of sp³-hybridized carbons (Fsp3) is 0.250. The van der Waals surface area contributed by atoms with Gasteiger partial charge in [0.05, 0.1) is 5.02 Å². The Hall–Kier alpha value is -0.900. The molecule has 2 aromatic carbocycles. The molecule has 1 nitrogen and oxygen atoms in total. The molecule has 1 N–H and O–H groups in total. The van der Waals surface area contributed by atoms with Crippen LogP contribution in [0.4, 0.5) is 4.39 Å². The summed E-state index contributed by atoms with van der Waals surface area (Å²) in [5.41, 5.74) is 2.99. The monoisotopic (exact) mass is 355 g/mol. The topological polar surface area (TPSA) is 12.0 Å². The summed E-state index contributed by atoms with van der Waals surface area (Å²) in [4.78, 5) is 0. The average Bonchev–Trinajstić information content (AvgIpc) is 2.45. The van der Waals surface area contributed by atoms with Gasteiger partial charge in [-0.15, -0.1) is 0 Å². The van der Waals surface area contributed by atoms with Crippen LogP contribution >= 0.6 is 27.5 Å². The molecule has 106 valence electrons. The first-order valence-electron chi connectivity index (χ1n) is 6.39. The lowest BCUT2D eigenvalue weighted by Gasteiger charge is -2.19. The van der Waals surface area contributed by atoms with E-state index in [-0.39, 0.29) is 16.9 Å². The standard InChI is InChI=1S/C16H16BrClFN/c1-10-5-3-4-6-11(10)9-14(20-2)12-7-8-13(17)15(18)16(12)19/h3-8,14,20H,9H2,1-2H3. The summed E-state index contributed by atoms with van der Waals surface area (Å²) < 4.78 is 14.9. The van der Waals surface area contributed by atoms with Gasteiger partial charge in [-0.25, -0.2) is 4.39 Å². The summed E-state index contributed by atoms with van der Waals surface area (Å²) in [5, 5.41) is 3.30. The summed E-state index contributed by atoms with van der Waals surface area (Å²) in [5.74, 6) is -0.367. The minimum Gasteiger partial charge on any atom is -0.313 e. The summed E-state index contributed by atoms with van der Waals surface area (Å²) in [6, 6.07) is 11.6. The molecule has 2 rings (SSSR count). The van der Waals surface area contributed by atoms with Crippen molar-refractivity contribution in [2.45, 2.75) is 19.4 Å². The lowest BCUT2D eigenvalue weighted by Crippen LogP contribution is -2.20. The van der Waals surface area contributed by atoms with Crippen LogP contribution in [-0.4, -0.2) is 7.05 Å². The molecule has 0 radical (unpaired) electrons. The van der Waals surface area contributed by atoms with Crippen molar-refractivity contribution in [1.82, 2.24) is 5.32 Å². The van der Waals surface area contributed by atoms with Crippen molar-refractivity contribution in [3.05, 3.63) is 68.4 Å². The Morgan fingerprint density at radius 3 is 2.60 bits per heavy atom. The fourth-order valence-electron chi connectivity index (χ4n) is 2.24. The number of rotatable bonds is 4. The molecule has 0 amide bonds. The van der Waals surface area contributed by atoms with Crippen molar-refractivity contribution >= 4 is 27.5 Å². The van der Waals surface area contributed by atoms with E-state index in [0.29, 0.717) is 10.0 Å². The zero-order valence-electron chi connectivity index (χ0n) is 11.4. The van der Waals surface area contributed by atoms with Gasteiger partial charge in [0, 0.05) is 16.1 Å². The van der Waals surface area contributed by atoms with Crippen LogP contribution in [0.2, 0.25) is 5.02 Å². The van der Waals surface area contributed by atoms with E-state index in [0.717, 1.165) is 6.42 Å². The summed E-state index contributed by atoms with van der Waals surface area (Å²) in [6.45, 7) is 2.06. The molecule has 0 spiro atoms. The van der Waals surface area contributed by atoms with E-state index in [4.69, 9.17) is 11.6 Å². The normalized spacial score (nSPS) is 12.4. The van der Waals surface area contributed by atoms with Crippen molar-refractivity contribution in [3.63, 3.8) is 0 Å². The highest BCUT2D eigenvalue weighted by Gasteiger charge is 2.18. The Kier molecular flexibility index (Phi) is 5.19. The fourth-order valence-corrected chi connectivity index (χ4v) is 2.71. The van der Waals surface area contributed by atoms with Crippen LogP contribution in [0.25, 0.3) is 0 Å². The van der Waals surface area contributed by atoms with Gasteiger partial charge in [-0.05, 0) is 53.5 Å². The Bertz CT molecular complexity index is 615. The number of nitrogens with one attached hydrogen (secondary N) is 1. The molecule has 0 aromatic heterocycles. The first-order chi connectivity index (χ1) is 9.54. The smallest absolute Gasteiger partial charge is 0.147 e. The van der Waals surface area contributed by atoms with Crippen molar-refractivity contribution in [3.8, 4) is 0 Å². The molecule has 0 saturated carbocycles. The average molecular weight is 357 g/mol. The highest BCUT2D eigenvalue weighted by molar-refractivity contribution is 9.10. The second-order valence-electron chi connectivity index (χ2n) is 4.74. The number of benzene rings is 2. The molecular weight excluding hydrogens is 341 g/mol. The van der Waals surface area contributed by atoms with Gasteiger partial charge in [0.2, 0.25) is 0 Å². The van der Waals surface area contributed by atoms with Gasteiger partial charge < -0.3 is 5.32 Å². The summed E-state index contributed by atoms with van der Waals surface area (Å²) >= 11 is 9.21. The number of hydrogen-bond donors (Lipinski definition) is 1. The summed E-state index contributed by atoms with van der Waals surface area (Å²) in [6.07, 6.45) is 0.720. The van der Waals surface area contributed by atoms with Crippen molar-refractivity contribution in [2.75, 3.05) is 7.05 Å². The van der Waals surface area contributed by atoms with Gasteiger partial charge in [0.25, 0.3) is 0 Å². The third kappa shape index (κ3) is 3.22. The molecule has 0 saturated heterocycles. The van der Waals surface area contributed by atoms with Crippen molar-refractivity contribution < 1.29 is 4.39 Å². The van der Waals surface area contributed by atoms with E-state index in [9.17, 15) is 4.39 Å². The number of aryl methyl sites for hydroxylation is 1. The van der Waals surface area contributed by atoms with Crippen LogP contribution in [0.5, 0.6) is 0 Å². The second kappa shape index (κ2) is 6.70. The molecule has 4 heteroatoms. The van der Waals surface area contributed by atoms with Crippen LogP contribution < -0.4 is 5.32 Å². The predicted molar refractivity (Wildman–Crippen MR) is 85.8 cm³/mol. The van der Waals surface area contributed by atoms with E-state index in [1.807, 2.05) is 19.2 Å². The molecule has 0 aliphatic rings. The number of halogens is 3. The SMILES string of the molecule is CNC(Cc1ccccc1C)c1ccc(Br)c(Cl)c1F. The Morgan fingerprint density at radius 1 is 1.25 bits per heavy atom. The predicted octanol–water partition coefficient (Wildman–Crippen LogP) is 5.05. The molecule has 1 atom stereocenters. The molecule has 0 fully saturated rings. The van der Waals surface area contributed by atoms with E-state index in [2.05, 4.69) is 40.3 Å². The maximum Gasteiger partial charge on any atom is 0.147 e. The van der Waals surface area contributed by atoms with Crippen molar-refractivity contribution in [2.24, 2.45) is 0 Å². The van der Waals surface area contributed by atoms with Crippen LogP contribution in [-0.2, 0) is 6.42 Å². The van der Waals surface area contributed by atoms with Gasteiger partial charge in [0.1, 0.15) is 5.82 Å². The molecule has 20 heavy (non-hydrogen) atoms. The van der Waals surface area contributed by atoms with E-state index < -0.39 is 0 Å². The van der Waals surface area contributed by atoms with Crippen LogP contribution in [0.3, 0.4) is 0 Å². The maximum atomic E-state index is 14.3. The molecule has 2 aromatic rings. The molecule has 0 heterocycles. The van der Waals surface area contributed by atoms with Crippen molar-refractivity contribution in [1.29, 1.82) is 0 Å². The maximum absolute atomic E-state index is 14.3. The molecule has 0 aliphatic carbocycles. The van der Waals surface area contributed by atoms with Crippen LogP contribution in [0.15, 0.2) is 40.9 Å². The highest BCUT2D eigenvalue weighted by atomic mass is 79.9. The molecular formula is C16H16BrClFN. The van der Waals surface area contributed by atoms with Crippen LogP contribution in [0, 0.1) is 12.7 Å². The first kappa shape index (κ1) is 15.5. The van der Waals surface area contributed by atoms with Gasteiger partial charge in [-0.1, -0.05) is 41.9 Å². The van der Waals surface area contributed by atoms with Gasteiger partial charge >= 0.3 is 0 Å². The zero-order valence-corrected chi connectivity index (χ0v) is 13.7. The Morgan fingerprint density at radius 2 is 1.95 bits per heavy atom. The molecule has 1 unspecified atom stereocenters. The number of likely N-dealkylation sites (N-methyl/N-ethyl adjacent to an activating group) is 1. The van der Waals surface area contributed by atoms with E-state index >= 15 is 0 Å². The summed E-state index contributed by atoms with van der Waals surface area (Å²) in [7, 11) is 1.83. The molecule has 0 aliphatic heterocycles. The highest BCUT2D eigenvalue weighted by Crippen LogP contribution is 2.31. The lowest BCUT2D eigenvalue weighted by molar-refractivity contribution is 0.533. The van der Waals surface area contributed by atoms with Gasteiger partial charge in [-0.2, -0.15) is 0 Å². The minimum absolute atomic E-state index is 0.110. The lowest BCUT2D eigenvalue weighted by atomic mass is 9.96. The quantitative estimate of drug-likeness (QED) is 0.756. The Balaban J connectivity index is 2.34. The zero-order chi connectivity index (χ0) is 14.7. The van der Waals surface area contributed by atoms with Gasteiger partial charge in [0.15, 0.2) is 0 Å². The molecule has 0 bridgehead atoms. The first-order valence-corrected chi connectivity index (χ1v) is 7.57. The van der Waals surface area contributed by atoms with E-state index in [1.165, 1.54) is 11.1 Å². The second-order valence-corrected chi connectivity index (χ2v) is 5.97. The van der Waals surface area contributed by atoms with E-state index in [1.54, 1.807) is 12.1 Å². The number of hydrogen-bond acceptors (Lipinski definition) is 1. The third-order valence-electron chi connectivity index (χ3n) is 3.47. The van der Waals surface area contributed by atoms with Crippen LogP contribution in [0.1, 0.15) is 22.7 Å².